The van der Waals surface area contributed by atoms with Crippen molar-refractivity contribution in [1.29, 1.82) is 0 Å². The van der Waals surface area contributed by atoms with E-state index in [2.05, 4.69) is 15.5 Å². The number of carbonyl (C=O) groups is 2. The zero-order valence-electron chi connectivity index (χ0n) is 11.8. The monoisotopic (exact) mass is 291 g/mol. The molecule has 2 atom stereocenters. The van der Waals surface area contributed by atoms with Gasteiger partial charge in [-0.2, -0.15) is 10.2 Å². The van der Waals surface area contributed by atoms with Crippen molar-refractivity contribution in [2.75, 3.05) is 0 Å². The first-order chi connectivity index (χ1) is 9.97. The lowest BCUT2D eigenvalue weighted by molar-refractivity contribution is -0.124. The molecule has 1 amide bonds. The van der Waals surface area contributed by atoms with E-state index < -0.39 is 12.0 Å². The van der Waals surface area contributed by atoms with E-state index in [-0.39, 0.29) is 17.6 Å². The lowest BCUT2D eigenvalue weighted by Crippen LogP contribution is -2.39. The molecule has 8 heteroatoms. The summed E-state index contributed by atoms with van der Waals surface area (Å²) in [6.07, 6.45) is 4.97. The molecular weight excluding hydrogens is 274 g/mol. The Morgan fingerprint density at radius 1 is 1.38 bits per heavy atom. The quantitative estimate of drug-likeness (QED) is 0.809. The SMILES string of the molecule is CC(Cn1cccn1)NC(=O)C(C)n1ccc(C(=O)O)n1. The van der Waals surface area contributed by atoms with Crippen molar-refractivity contribution >= 4 is 11.9 Å². The molecule has 0 aromatic carbocycles. The molecule has 8 nitrogen and oxygen atoms in total. The highest BCUT2D eigenvalue weighted by molar-refractivity contribution is 5.85. The summed E-state index contributed by atoms with van der Waals surface area (Å²) in [4.78, 5) is 22.9. The normalized spacial score (nSPS) is 13.6. The molecular formula is C13H17N5O3. The fraction of sp³-hybridized carbons (Fsp3) is 0.385. The maximum Gasteiger partial charge on any atom is 0.356 e. The molecule has 2 unspecified atom stereocenters. The Labute approximate surface area is 121 Å². The van der Waals surface area contributed by atoms with E-state index in [1.807, 2.05) is 19.2 Å². The number of nitrogens with zero attached hydrogens (tertiary/aromatic N) is 4. The highest BCUT2D eigenvalue weighted by Gasteiger charge is 2.19. The van der Waals surface area contributed by atoms with Crippen LogP contribution in [0.2, 0.25) is 0 Å². The standard InChI is InChI=1S/C13H17N5O3/c1-9(8-17-6-3-5-14-17)15-12(19)10(2)18-7-4-11(16-18)13(20)21/h3-7,9-10H,8H2,1-2H3,(H,15,19)(H,20,21). The van der Waals surface area contributed by atoms with Crippen LogP contribution in [0.3, 0.4) is 0 Å². The van der Waals surface area contributed by atoms with Gasteiger partial charge in [0.1, 0.15) is 6.04 Å². The Morgan fingerprint density at radius 2 is 2.14 bits per heavy atom. The Bertz CT molecular complexity index is 620. The van der Waals surface area contributed by atoms with Crippen LogP contribution in [0.1, 0.15) is 30.4 Å². The lowest BCUT2D eigenvalue weighted by atomic mass is 10.2. The first-order valence-corrected chi connectivity index (χ1v) is 6.53. The molecule has 2 rings (SSSR count). The second kappa shape index (κ2) is 6.21. The molecule has 2 heterocycles. The Hall–Kier alpha value is -2.64. The number of rotatable bonds is 6. The molecule has 21 heavy (non-hydrogen) atoms. The van der Waals surface area contributed by atoms with Gasteiger partial charge >= 0.3 is 5.97 Å². The fourth-order valence-corrected chi connectivity index (χ4v) is 1.89. The second-order valence-corrected chi connectivity index (χ2v) is 4.80. The maximum atomic E-state index is 12.1. The van der Waals surface area contributed by atoms with Crippen LogP contribution < -0.4 is 5.32 Å². The summed E-state index contributed by atoms with van der Waals surface area (Å²) in [7, 11) is 0. The first kappa shape index (κ1) is 14.8. The van der Waals surface area contributed by atoms with Crippen molar-refractivity contribution in [2.24, 2.45) is 0 Å². The highest BCUT2D eigenvalue weighted by atomic mass is 16.4. The van der Waals surface area contributed by atoms with Crippen LogP contribution in [-0.4, -0.2) is 42.6 Å². The van der Waals surface area contributed by atoms with Crippen LogP contribution in [0.15, 0.2) is 30.7 Å². The summed E-state index contributed by atoms with van der Waals surface area (Å²) in [5.74, 6) is -1.34. The number of carbonyl (C=O) groups excluding carboxylic acids is 1. The van der Waals surface area contributed by atoms with E-state index in [0.717, 1.165) is 0 Å². The van der Waals surface area contributed by atoms with Gasteiger partial charge in [-0.25, -0.2) is 4.79 Å². The molecule has 0 spiro atoms. The van der Waals surface area contributed by atoms with Gasteiger partial charge in [-0.05, 0) is 26.0 Å². The van der Waals surface area contributed by atoms with Gasteiger partial charge in [-0.3, -0.25) is 14.2 Å². The molecule has 0 aliphatic heterocycles. The Balaban J connectivity index is 1.93. The van der Waals surface area contributed by atoms with Crippen LogP contribution in [-0.2, 0) is 11.3 Å². The zero-order chi connectivity index (χ0) is 15.4. The van der Waals surface area contributed by atoms with Crippen LogP contribution in [0.5, 0.6) is 0 Å². The van der Waals surface area contributed by atoms with Gasteiger partial charge in [0, 0.05) is 24.6 Å². The van der Waals surface area contributed by atoms with E-state index in [1.54, 1.807) is 17.8 Å². The molecule has 112 valence electrons. The molecule has 2 aromatic heterocycles. The zero-order valence-corrected chi connectivity index (χ0v) is 11.8. The molecule has 0 aliphatic rings. The van der Waals surface area contributed by atoms with Gasteiger partial charge in [0.05, 0.1) is 6.54 Å². The number of amides is 1. The fourth-order valence-electron chi connectivity index (χ4n) is 1.89. The number of carboxylic acid groups (broad SMARTS) is 1. The average molecular weight is 291 g/mol. The first-order valence-electron chi connectivity index (χ1n) is 6.53. The minimum absolute atomic E-state index is 0.0840. The van der Waals surface area contributed by atoms with Crippen molar-refractivity contribution in [1.82, 2.24) is 24.9 Å². The van der Waals surface area contributed by atoms with E-state index in [0.29, 0.717) is 6.54 Å². The van der Waals surface area contributed by atoms with E-state index in [1.165, 1.54) is 16.9 Å². The topological polar surface area (TPSA) is 102 Å². The third kappa shape index (κ3) is 3.68. The third-order valence-electron chi connectivity index (χ3n) is 3.01. The highest BCUT2D eigenvalue weighted by Crippen LogP contribution is 2.07. The minimum atomic E-state index is -1.12. The number of hydrogen-bond donors (Lipinski definition) is 2. The summed E-state index contributed by atoms with van der Waals surface area (Å²) >= 11 is 0. The van der Waals surface area contributed by atoms with Crippen molar-refractivity contribution in [3.8, 4) is 0 Å². The van der Waals surface area contributed by atoms with Crippen LogP contribution in [0, 0.1) is 0 Å². The number of aromatic carboxylic acids is 1. The predicted octanol–water partition coefficient (Wildman–Crippen LogP) is 0.544. The second-order valence-electron chi connectivity index (χ2n) is 4.80. The molecule has 0 fully saturated rings. The van der Waals surface area contributed by atoms with Crippen molar-refractivity contribution in [3.63, 3.8) is 0 Å². The van der Waals surface area contributed by atoms with Gasteiger partial charge in [0.25, 0.3) is 0 Å². The van der Waals surface area contributed by atoms with Crippen molar-refractivity contribution in [3.05, 3.63) is 36.4 Å². The van der Waals surface area contributed by atoms with Gasteiger partial charge in [0.2, 0.25) is 5.91 Å². The molecule has 0 bridgehead atoms. The van der Waals surface area contributed by atoms with Gasteiger partial charge < -0.3 is 10.4 Å². The van der Waals surface area contributed by atoms with Crippen molar-refractivity contribution in [2.45, 2.75) is 32.5 Å². The van der Waals surface area contributed by atoms with Gasteiger partial charge in [0.15, 0.2) is 5.69 Å². The summed E-state index contributed by atoms with van der Waals surface area (Å²) in [5, 5.41) is 19.6. The molecule has 0 radical (unpaired) electrons. The average Bonchev–Trinajstić information content (AvgIpc) is 3.07. The summed E-state index contributed by atoms with van der Waals surface area (Å²) in [6, 6.07) is 2.49. The van der Waals surface area contributed by atoms with Gasteiger partial charge in [-0.15, -0.1) is 0 Å². The number of aromatic nitrogens is 4. The third-order valence-corrected chi connectivity index (χ3v) is 3.01. The minimum Gasteiger partial charge on any atom is -0.476 e. The number of carboxylic acids is 1. The number of nitrogens with one attached hydrogen (secondary N) is 1. The number of hydrogen-bond acceptors (Lipinski definition) is 4. The molecule has 0 saturated carbocycles. The Kier molecular flexibility index (Phi) is 4.36. The van der Waals surface area contributed by atoms with E-state index >= 15 is 0 Å². The summed E-state index contributed by atoms with van der Waals surface area (Å²) < 4.78 is 3.06. The molecule has 2 N–H and O–H groups in total. The summed E-state index contributed by atoms with van der Waals surface area (Å²) in [5.41, 5.74) is -0.0840. The lowest BCUT2D eigenvalue weighted by Gasteiger charge is -2.17. The largest absolute Gasteiger partial charge is 0.476 e. The Morgan fingerprint density at radius 3 is 2.71 bits per heavy atom. The molecule has 2 aromatic rings. The van der Waals surface area contributed by atoms with E-state index in [9.17, 15) is 9.59 Å². The molecule has 0 aliphatic carbocycles. The van der Waals surface area contributed by atoms with Crippen LogP contribution in [0.25, 0.3) is 0 Å². The predicted molar refractivity (Wildman–Crippen MR) is 73.7 cm³/mol. The van der Waals surface area contributed by atoms with Crippen molar-refractivity contribution < 1.29 is 14.7 Å². The van der Waals surface area contributed by atoms with E-state index in [4.69, 9.17) is 5.11 Å². The van der Waals surface area contributed by atoms with Crippen LogP contribution >= 0.6 is 0 Å². The smallest absolute Gasteiger partial charge is 0.356 e. The summed E-state index contributed by atoms with van der Waals surface area (Å²) in [6.45, 7) is 4.09. The van der Waals surface area contributed by atoms with Gasteiger partial charge in [-0.1, -0.05) is 0 Å². The molecule has 0 saturated heterocycles. The maximum absolute atomic E-state index is 12.1. The van der Waals surface area contributed by atoms with Crippen LogP contribution in [0.4, 0.5) is 0 Å².